The molecule has 2 saturated heterocycles. The fourth-order valence-corrected chi connectivity index (χ4v) is 3.88. The van der Waals surface area contributed by atoms with Gasteiger partial charge >= 0.3 is 0 Å². The van der Waals surface area contributed by atoms with Crippen LogP contribution in [0.4, 0.5) is 4.39 Å². The van der Waals surface area contributed by atoms with Gasteiger partial charge in [-0.2, -0.15) is 0 Å². The highest BCUT2D eigenvalue weighted by atomic mass is 19.1. The van der Waals surface area contributed by atoms with Gasteiger partial charge in [-0.3, -0.25) is 9.88 Å². The molecule has 26 heavy (non-hydrogen) atoms. The van der Waals surface area contributed by atoms with Crippen molar-refractivity contribution in [2.75, 3.05) is 19.7 Å². The molecule has 0 radical (unpaired) electrons. The molecule has 4 rings (SSSR count). The average Bonchev–Trinajstić information content (AvgIpc) is 3.02. The zero-order valence-electron chi connectivity index (χ0n) is 15.0. The second kappa shape index (κ2) is 7.29. The number of rotatable bonds is 4. The Morgan fingerprint density at radius 1 is 1.27 bits per heavy atom. The van der Waals surface area contributed by atoms with Crippen LogP contribution in [-0.4, -0.2) is 46.3 Å². The topological polar surface area (TPSA) is 47.5 Å². The summed E-state index contributed by atoms with van der Waals surface area (Å²) in [7, 11) is 0. The first kappa shape index (κ1) is 17.4. The molecule has 5 nitrogen and oxygen atoms in total. The Hall–Kier alpha value is -2.05. The van der Waals surface area contributed by atoms with Crippen LogP contribution in [0.3, 0.4) is 0 Å². The number of halogens is 1. The third-order valence-electron chi connectivity index (χ3n) is 5.28. The Bertz CT molecular complexity index is 762. The van der Waals surface area contributed by atoms with Gasteiger partial charge in [0.1, 0.15) is 6.10 Å². The van der Waals surface area contributed by atoms with Crippen LogP contribution in [0.2, 0.25) is 0 Å². The first-order valence-corrected chi connectivity index (χ1v) is 9.18. The Kier molecular flexibility index (Phi) is 4.87. The summed E-state index contributed by atoms with van der Waals surface area (Å²) >= 11 is 0. The number of hydrogen-bond donors (Lipinski definition) is 0. The number of piperidine rings is 1. The molecule has 0 saturated carbocycles. The maximum atomic E-state index is 13.7. The molecule has 0 amide bonds. The first-order chi connectivity index (χ1) is 12.6. The molecule has 2 aliphatic heterocycles. The molecule has 2 aromatic rings. The van der Waals surface area contributed by atoms with E-state index in [1.807, 2.05) is 13.0 Å². The summed E-state index contributed by atoms with van der Waals surface area (Å²) in [5.74, 6) is -0.352. The van der Waals surface area contributed by atoms with Crippen molar-refractivity contribution >= 4 is 0 Å². The molecule has 0 aromatic carbocycles. The Morgan fingerprint density at radius 2 is 2.12 bits per heavy atom. The van der Waals surface area contributed by atoms with Gasteiger partial charge in [-0.1, -0.05) is 6.07 Å². The van der Waals surface area contributed by atoms with Crippen LogP contribution in [0.5, 0.6) is 5.88 Å². The summed E-state index contributed by atoms with van der Waals surface area (Å²) in [5.41, 5.74) is 2.02. The van der Waals surface area contributed by atoms with Crippen molar-refractivity contribution < 1.29 is 13.9 Å². The Morgan fingerprint density at radius 3 is 2.88 bits per heavy atom. The van der Waals surface area contributed by atoms with Gasteiger partial charge in [-0.25, -0.2) is 9.37 Å². The van der Waals surface area contributed by atoms with Crippen molar-refractivity contribution in [2.24, 2.45) is 0 Å². The number of aromatic nitrogens is 2. The monoisotopic (exact) mass is 357 g/mol. The first-order valence-electron chi connectivity index (χ1n) is 9.18. The minimum Gasteiger partial charge on any atom is -0.470 e. The van der Waals surface area contributed by atoms with Crippen LogP contribution in [0.25, 0.3) is 0 Å². The Labute approximate surface area is 153 Å². The fraction of sp³-hybridized carbons (Fsp3) is 0.500. The molecule has 0 unspecified atom stereocenters. The highest BCUT2D eigenvalue weighted by molar-refractivity contribution is 5.14. The Balaban J connectivity index is 1.31. The zero-order valence-corrected chi connectivity index (χ0v) is 15.0. The largest absolute Gasteiger partial charge is 0.470 e. The van der Waals surface area contributed by atoms with E-state index in [0.717, 1.165) is 50.3 Å². The summed E-state index contributed by atoms with van der Waals surface area (Å²) in [6, 6.07) is 9.08. The zero-order chi connectivity index (χ0) is 18.0. The van der Waals surface area contributed by atoms with Crippen molar-refractivity contribution in [3.63, 3.8) is 0 Å². The van der Waals surface area contributed by atoms with Crippen molar-refractivity contribution in [1.29, 1.82) is 0 Å². The predicted molar refractivity (Wildman–Crippen MR) is 95.4 cm³/mol. The van der Waals surface area contributed by atoms with E-state index in [2.05, 4.69) is 27.0 Å². The van der Waals surface area contributed by atoms with Crippen LogP contribution >= 0.6 is 0 Å². The third kappa shape index (κ3) is 3.86. The molecule has 1 spiro atoms. The summed E-state index contributed by atoms with van der Waals surface area (Å²) in [6.45, 7) is 5.33. The standard InChI is InChI=1S/C20H24FN3O2/c1-15-4-2-5-16(23-15)13-24-10-7-20(8-11-24)12-17(14-25-20)26-19-18(21)6-3-9-22-19/h2-6,9,17H,7-8,10-14H2,1H3/t17-/m0/s1. The third-order valence-corrected chi connectivity index (χ3v) is 5.28. The minimum absolute atomic E-state index is 0.0705. The van der Waals surface area contributed by atoms with E-state index in [4.69, 9.17) is 9.47 Å². The van der Waals surface area contributed by atoms with Gasteiger partial charge in [0.05, 0.1) is 17.9 Å². The number of likely N-dealkylation sites (tertiary alicyclic amines) is 1. The van der Waals surface area contributed by atoms with Crippen molar-refractivity contribution in [3.05, 3.63) is 53.7 Å². The van der Waals surface area contributed by atoms with Crippen LogP contribution in [-0.2, 0) is 11.3 Å². The van der Waals surface area contributed by atoms with Gasteiger partial charge in [0.25, 0.3) is 5.88 Å². The van der Waals surface area contributed by atoms with Gasteiger partial charge in [0.2, 0.25) is 0 Å². The lowest BCUT2D eigenvalue weighted by molar-refractivity contribution is -0.0456. The van der Waals surface area contributed by atoms with Crippen LogP contribution in [0.15, 0.2) is 36.5 Å². The maximum Gasteiger partial charge on any atom is 0.250 e. The minimum atomic E-state index is -0.422. The van der Waals surface area contributed by atoms with Crippen LogP contribution in [0.1, 0.15) is 30.7 Å². The highest BCUT2D eigenvalue weighted by Crippen LogP contribution is 2.37. The van der Waals surface area contributed by atoms with E-state index < -0.39 is 5.82 Å². The average molecular weight is 357 g/mol. The summed E-state index contributed by atoms with van der Waals surface area (Å²) in [6.07, 6.45) is 4.12. The molecule has 0 aliphatic carbocycles. The van der Waals surface area contributed by atoms with E-state index >= 15 is 0 Å². The molecule has 2 aromatic heterocycles. The highest BCUT2D eigenvalue weighted by Gasteiger charge is 2.43. The number of pyridine rings is 2. The van der Waals surface area contributed by atoms with E-state index in [1.54, 1.807) is 12.3 Å². The molecular formula is C20H24FN3O2. The predicted octanol–water partition coefficient (Wildman–Crippen LogP) is 3.13. The van der Waals surface area contributed by atoms with Crippen molar-refractivity contribution in [3.8, 4) is 5.88 Å². The lowest BCUT2D eigenvalue weighted by atomic mass is 9.88. The summed E-state index contributed by atoms with van der Waals surface area (Å²) in [4.78, 5) is 11.0. The molecule has 6 heteroatoms. The molecule has 138 valence electrons. The van der Waals surface area contributed by atoms with Gasteiger partial charge in [0, 0.05) is 37.9 Å². The number of nitrogens with zero attached hydrogens (tertiary/aromatic N) is 3. The molecule has 2 aliphatic rings. The summed E-state index contributed by atoms with van der Waals surface area (Å²) in [5, 5.41) is 0. The molecular weight excluding hydrogens is 333 g/mol. The molecule has 0 bridgehead atoms. The normalized spacial score (nSPS) is 22.6. The lowest BCUT2D eigenvalue weighted by Crippen LogP contribution is -2.44. The molecule has 2 fully saturated rings. The second-order valence-electron chi connectivity index (χ2n) is 7.27. The SMILES string of the molecule is Cc1cccc(CN2CCC3(CC2)C[C@H](Oc2ncccc2F)CO3)n1. The lowest BCUT2D eigenvalue weighted by Gasteiger charge is -2.38. The fourth-order valence-electron chi connectivity index (χ4n) is 3.88. The van der Waals surface area contributed by atoms with Gasteiger partial charge in [-0.05, 0) is 44.0 Å². The maximum absolute atomic E-state index is 13.7. The van der Waals surface area contributed by atoms with E-state index in [0.29, 0.717) is 6.61 Å². The number of ether oxygens (including phenoxy) is 2. The summed E-state index contributed by atoms with van der Waals surface area (Å²) < 4.78 is 25.6. The van der Waals surface area contributed by atoms with Gasteiger partial charge in [0.15, 0.2) is 5.82 Å². The van der Waals surface area contributed by atoms with Gasteiger partial charge < -0.3 is 9.47 Å². The molecule has 0 N–H and O–H groups in total. The smallest absolute Gasteiger partial charge is 0.250 e. The van der Waals surface area contributed by atoms with Crippen LogP contribution in [0, 0.1) is 12.7 Å². The number of aryl methyl sites for hydroxylation is 1. The van der Waals surface area contributed by atoms with E-state index in [9.17, 15) is 4.39 Å². The molecule has 4 heterocycles. The van der Waals surface area contributed by atoms with Crippen molar-refractivity contribution in [1.82, 2.24) is 14.9 Å². The van der Waals surface area contributed by atoms with E-state index in [-0.39, 0.29) is 17.6 Å². The van der Waals surface area contributed by atoms with Crippen LogP contribution < -0.4 is 4.74 Å². The quantitative estimate of drug-likeness (QED) is 0.841. The number of hydrogen-bond acceptors (Lipinski definition) is 5. The van der Waals surface area contributed by atoms with Gasteiger partial charge in [-0.15, -0.1) is 0 Å². The second-order valence-corrected chi connectivity index (χ2v) is 7.27. The molecule has 1 atom stereocenters. The van der Waals surface area contributed by atoms with Crippen molar-refractivity contribution in [2.45, 2.75) is 44.4 Å². The van der Waals surface area contributed by atoms with E-state index in [1.165, 1.54) is 6.07 Å².